The third-order valence-corrected chi connectivity index (χ3v) is 4.58. The normalized spacial score (nSPS) is 29.0. The molecule has 18 heavy (non-hydrogen) atoms. The van der Waals surface area contributed by atoms with Gasteiger partial charge in [-0.15, -0.1) is 0 Å². The predicted molar refractivity (Wildman–Crippen MR) is 71.5 cm³/mol. The topological polar surface area (TPSA) is 29.5 Å². The third-order valence-electron chi connectivity index (χ3n) is 4.58. The fourth-order valence-corrected chi connectivity index (χ4v) is 3.39. The summed E-state index contributed by atoms with van der Waals surface area (Å²) in [5.41, 5.74) is 4.03. The van der Waals surface area contributed by atoms with Crippen molar-refractivity contribution in [3.63, 3.8) is 0 Å². The van der Waals surface area contributed by atoms with Crippen LogP contribution < -0.4 is 0 Å². The molecule has 1 fully saturated rings. The summed E-state index contributed by atoms with van der Waals surface area (Å²) in [5, 5.41) is 10.6. The summed E-state index contributed by atoms with van der Waals surface area (Å²) in [4.78, 5) is 0. The fourth-order valence-electron chi connectivity index (χ4n) is 3.39. The summed E-state index contributed by atoms with van der Waals surface area (Å²) in [6.45, 7) is 3.75. The average Bonchev–Trinajstić information content (AvgIpc) is 2.85. The summed E-state index contributed by atoms with van der Waals surface area (Å²) in [6, 6.07) is 6.57. The largest absolute Gasteiger partial charge is 0.388 e. The van der Waals surface area contributed by atoms with Crippen LogP contribution in [0.15, 0.2) is 18.2 Å². The van der Waals surface area contributed by atoms with Crippen molar-refractivity contribution in [3.05, 3.63) is 34.9 Å². The maximum Gasteiger partial charge on any atom is 0.0822 e. The van der Waals surface area contributed by atoms with Crippen LogP contribution in [0, 0.1) is 11.8 Å². The van der Waals surface area contributed by atoms with E-state index in [-0.39, 0.29) is 6.10 Å². The second kappa shape index (κ2) is 5.02. The molecule has 1 aromatic rings. The van der Waals surface area contributed by atoms with Gasteiger partial charge in [0.2, 0.25) is 0 Å². The van der Waals surface area contributed by atoms with Crippen LogP contribution in [-0.4, -0.2) is 18.3 Å². The number of aryl methyl sites for hydroxylation is 2. The first-order chi connectivity index (χ1) is 8.75. The van der Waals surface area contributed by atoms with Crippen molar-refractivity contribution in [1.82, 2.24) is 0 Å². The first kappa shape index (κ1) is 12.2. The molecule has 0 spiro atoms. The molecule has 0 radical (unpaired) electrons. The van der Waals surface area contributed by atoms with Crippen LogP contribution in [0.5, 0.6) is 0 Å². The molecule has 3 atom stereocenters. The average molecular weight is 246 g/mol. The van der Waals surface area contributed by atoms with Gasteiger partial charge in [-0.1, -0.05) is 25.1 Å². The van der Waals surface area contributed by atoms with E-state index in [1.807, 2.05) is 0 Å². The molecule has 2 aliphatic rings. The Kier molecular flexibility index (Phi) is 3.40. The van der Waals surface area contributed by atoms with Crippen molar-refractivity contribution in [2.75, 3.05) is 13.2 Å². The van der Waals surface area contributed by atoms with Crippen LogP contribution in [-0.2, 0) is 17.6 Å². The summed E-state index contributed by atoms with van der Waals surface area (Å²) >= 11 is 0. The highest BCUT2D eigenvalue weighted by atomic mass is 16.5. The predicted octanol–water partition coefficient (Wildman–Crippen LogP) is 2.88. The highest BCUT2D eigenvalue weighted by Gasteiger charge is 2.29. The monoisotopic (exact) mass is 246 g/mol. The van der Waals surface area contributed by atoms with E-state index < -0.39 is 0 Å². The molecule has 3 unspecified atom stereocenters. The van der Waals surface area contributed by atoms with E-state index in [2.05, 4.69) is 25.1 Å². The van der Waals surface area contributed by atoms with Gasteiger partial charge in [-0.3, -0.25) is 0 Å². The number of rotatable bonds is 2. The molecule has 3 rings (SSSR count). The summed E-state index contributed by atoms with van der Waals surface area (Å²) in [6.07, 6.45) is 4.30. The van der Waals surface area contributed by atoms with Crippen LogP contribution in [0.4, 0.5) is 0 Å². The molecular formula is C16H22O2. The smallest absolute Gasteiger partial charge is 0.0822 e. The number of hydrogen-bond donors (Lipinski definition) is 1. The van der Waals surface area contributed by atoms with Gasteiger partial charge in [0, 0.05) is 13.2 Å². The van der Waals surface area contributed by atoms with Crippen molar-refractivity contribution in [1.29, 1.82) is 0 Å². The summed E-state index contributed by atoms with van der Waals surface area (Å²) < 4.78 is 5.46. The van der Waals surface area contributed by atoms with Gasteiger partial charge in [0.25, 0.3) is 0 Å². The highest BCUT2D eigenvalue weighted by molar-refractivity contribution is 5.36. The first-order valence-electron chi connectivity index (χ1n) is 7.13. The van der Waals surface area contributed by atoms with Crippen LogP contribution in [0.2, 0.25) is 0 Å². The van der Waals surface area contributed by atoms with E-state index in [4.69, 9.17) is 4.74 Å². The number of fused-ring (bicyclic) bond motifs is 1. The van der Waals surface area contributed by atoms with Crippen LogP contribution >= 0.6 is 0 Å². The Bertz CT molecular complexity index is 427. The third kappa shape index (κ3) is 2.19. The lowest BCUT2D eigenvalue weighted by Crippen LogP contribution is -2.30. The quantitative estimate of drug-likeness (QED) is 0.869. The van der Waals surface area contributed by atoms with E-state index in [1.54, 1.807) is 0 Å². The zero-order valence-corrected chi connectivity index (χ0v) is 11.1. The van der Waals surface area contributed by atoms with Crippen molar-refractivity contribution in [2.45, 2.75) is 38.7 Å². The maximum absolute atomic E-state index is 10.6. The molecular weight excluding hydrogens is 224 g/mol. The Morgan fingerprint density at radius 3 is 2.94 bits per heavy atom. The summed E-state index contributed by atoms with van der Waals surface area (Å²) in [7, 11) is 0. The van der Waals surface area contributed by atoms with Gasteiger partial charge >= 0.3 is 0 Å². The molecule has 2 nitrogen and oxygen atoms in total. The van der Waals surface area contributed by atoms with Gasteiger partial charge < -0.3 is 9.84 Å². The second-order valence-corrected chi connectivity index (χ2v) is 5.83. The van der Waals surface area contributed by atoms with E-state index >= 15 is 0 Å². The lowest BCUT2D eigenvalue weighted by molar-refractivity contribution is -0.0310. The molecule has 1 saturated heterocycles. The van der Waals surface area contributed by atoms with E-state index in [0.29, 0.717) is 11.8 Å². The summed E-state index contributed by atoms with van der Waals surface area (Å²) in [5.74, 6) is 0.792. The Morgan fingerprint density at radius 1 is 1.28 bits per heavy atom. The van der Waals surface area contributed by atoms with E-state index in [9.17, 15) is 5.11 Å². The van der Waals surface area contributed by atoms with Crippen molar-refractivity contribution < 1.29 is 9.84 Å². The van der Waals surface area contributed by atoms with Crippen LogP contribution in [0.1, 0.15) is 42.6 Å². The molecule has 98 valence electrons. The minimum absolute atomic E-state index is 0.324. The second-order valence-electron chi connectivity index (χ2n) is 5.83. The van der Waals surface area contributed by atoms with Crippen molar-refractivity contribution in [3.8, 4) is 0 Å². The first-order valence-corrected chi connectivity index (χ1v) is 7.13. The van der Waals surface area contributed by atoms with Gasteiger partial charge in [0.05, 0.1) is 6.10 Å². The molecule has 1 heterocycles. The SMILES string of the molecule is CC1COCCC1C(O)c1ccc2c(c1)CCC2. The molecule has 1 aliphatic carbocycles. The number of aliphatic hydroxyl groups excluding tert-OH is 1. The Morgan fingerprint density at radius 2 is 2.11 bits per heavy atom. The Hall–Kier alpha value is -0.860. The molecule has 2 heteroatoms. The maximum atomic E-state index is 10.6. The zero-order valence-electron chi connectivity index (χ0n) is 11.1. The Balaban J connectivity index is 1.81. The number of ether oxygens (including phenoxy) is 1. The van der Waals surface area contributed by atoms with Gasteiger partial charge in [0.15, 0.2) is 0 Å². The molecule has 1 aliphatic heterocycles. The number of benzene rings is 1. The molecule has 0 aromatic heterocycles. The van der Waals surface area contributed by atoms with Gasteiger partial charge in [-0.05, 0) is 54.2 Å². The molecule has 0 amide bonds. The minimum atomic E-state index is -0.324. The van der Waals surface area contributed by atoms with Crippen LogP contribution in [0.3, 0.4) is 0 Å². The molecule has 1 aromatic carbocycles. The highest BCUT2D eigenvalue weighted by Crippen LogP contribution is 2.35. The Labute approximate surface area is 109 Å². The molecule has 0 saturated carbocycles. The molecule has 1 N–H and O–H groups in total. The van der Waals surface area contributed by atoms with Crippen molar-refractivity contribution in [2.24, 2.45) is 11.8 Å². The zero-order chi connectivity index (χ0) is 12.5. The van der Waals surface area contributed by atoms with Crippen molar-refractivity contribution >= 4 is 0 Å². The minimum Gasteiger partial charge on any atom is -0.388 e. The fraction of sp³-hybridized carbons (Fsp3) is 0.625. The van der Waals surface area contributed by atoms with Crippen LogP contribution in [0.25, 0.3) is 0 Å². The standard InChI is InChI=1S/C16H22O2/c1-11-10-18-8-7-15(11)16(17)14-6-5-12-3-2-4-13(12)9-14/h5-6,9,11,15-17H,2-4,7-8,10H2,1H3. The number of aliphatic hydroxyl groups is 1. The number of hydrogen-bond acceptors (Lipinski definition) is 2. The lowest BCUT2D eigenvalue weighted by Gasteiger charge is -2.32. The van der Waals surface area contributed by atoms with Gasteiger partial charge in [-0.2, -0.15) is 0 Å². The lowest BCUT2D eigenvalue weighted by atomic mass is 9.82. The van der Waals surface area contributed by atoms with Gasteiger partial charge in [-0.25, -0.2) is 0 Å². The van der Waals surface area contributed by atoms with E-state index in [0.717, 1.165) is 25.2 Å². The van der Waals surface area contributed by atoms with E-state index in [1.165, 1.54) is 30.4 Å². The van der Waals surface area contributed by atoms with Gasteiger partial charge in [0.1, 0.15) is 0 Å². The molecule has 0 bridgehead atoms.